The van der Waals surface area contributed by atoms with Gasteiger partial charge < -0.3 is 10.2 Å². The number of hydrogen-bond acceptors (Lipinski definition) is 5. The lowest BCUT2D eigenvalue weighted by atomic mass is 10.2. The van der Waals surface area contributed by atoms with Gasteiger partial charge in [0.15, 0.2) is 0 Å². The average Bonchev–Trinajstić information content (AvgIpc) is 2.82. The predicted molar refractivity (Wildman–Crippen MR) is 69.5 cm³/mol. The highest BCUT2D eigenvalue weighted by Gasteiger charge is 2.17. The molecule has 0 aromatic carbocycles. The fraction of sp³-hybridized carbons (Fsp3) is 0.750. The summed E-state index contributed by atoms with van der Waals surface area (Å²) in [7, 11) is 0. The molecule has 1 saturated heterocycles. The predicted octanol–water partition coefficient (Wildman–Crippen LogP) is 2.03. The summed E-state index contributed by atoms with van der Waals surface area (Å²) in [5, 5.41) is 3.18. The maximum absolute atomic E-state index is 4.56. The first-order chi connectivity index (χ1) is 8.20. The Hall–Kier alpha value is -1.39. The summed E-state index contributed by atoms with van der Waals surface area (Å²) in [6.07, 6.45) is 2.47. The number of rotatable bonds is 4. The van der Waals surface area contributed by atoms with Crippen LogP contribution >= 0.6 is 0 Å². The van der Waals surface area contributed by atoms with Gasteiger partial charge in [-0.05, 0) is 19.8 Å². The van der Waals surface area contributed by atoms with E-state index >= 15 is 0 Å². The lowest BCUT2D eigenvalue weighted by molar-refractivity contribution is 0.747. The van der Waals surface area contributed by atoms with Crippen LogP contribution in [-0.2, 0) is 0 Å². The van der Waals surface area contributed by atoms with Crippen LogP contribution < -0.4 is 10.2 Å². The molecule has 1 fully saturated rings. The van der Waals surface area contributed by atoms with Crippen molar-refractivity contribution in [2.45, 2.75) is 39.5 Å². The minimum atomic E-state index is 0.330. The highest BCUT2D eigenvalue weighted by atomic mass is 15.3. The molecule has 94 valence electrons. The molecule has 0 unspecified atom stereocenters. The van der Waals surface area contributed by atoms with Crippen LogP contribution in [0.3, 0.4) is 0 Å². The van der Waals surface area contributed by atoms with Crippen LogP contribution in [0.1, 0.15) is 45.4 Å². The quantitative estimate of drug-likeness (QED) is 0.865. The van der Waals surface area contributed by atoms with E-state index in [4.69, 9.17) is 0 Å². The van der Waals surface area contributed by atoms with E-state index < -0.39 is 0 Å². The van der Waals surface area contributed by atoms with Gasteiger partial charge >= 0.3 is 0 Å². The Morgan fingerprint density at radius 3 is 2.47 bits per heavy atom. The molecule has 0 aliphatic carbocycles. The molecule has 5 nitrogen and oxygen atoms in total. The molecule has 1 aromatic rings. The Morgan fingerprint density at radius 2 is 1.88 bits per heavy atom. The van der Waals surface area contributed by atoms with Crippen molar-refractivity contribution >= 4 is 11.9 Å². The van der Waals surface area contributed by atoms with Gasteiger partial charge in [0.05, 0.1) is 0 Å². The molecular formula is C12H21N5. The minimum Gasteiger partial charge on any atom is -0.354 e. The third kappa shape index (κ3) is 2.84. The number of hydrogen-bond donors (Lipinski definition) is 1. The first-order valence-electron chi connectivity index (χ1n) is 6.45. The molecule has 1 aliphatic rings. The zero-order valence-electron chi connectivity index (χ0n) is 10.9. The van der Waals surface area contributed by atoms with Crippen LogP contribution in [-0.4, -0.2) is 34.6 Å². The molecule has 2 rings (SSSR count). The van der Waals surface area contributed by atoms with Gasteiger partial charge in [-0.3, -0.25) is 0 Å². The maximum Gasteiger partial charge on any atom is 0.230 e. The van der Waals surface area contributed by atoms with Gasteiger partial charge in [0.25, 0.3) is 0 Å². The smallest absolute Gasteiger partial charge is 0.230 e. The second-order valence-corrected chi connectivity index (χ2v) is 4.70. The fourth-order valence-electron chi connectivity index (χ4n) is 1.93. The molecule has 0 amide bonds. The monoisotopic (exact) mass is 235 g/mol. The van der Waals surface area contributed by atoms with Crippen molar-refractivity contribution in [2.75, 3.05) is 29.9 Å². The topological polar surface area (TPSA) is 53.9 Å². The highest BCUT2D eigenvalue weighted by molar-refractivity contribution is 5.38. The largest absolute Gasteiger partial charge is 0.354 e. The lowest BCUT2D eigenvalue weighted by Crippen LogP contribution is -2.22. The van der Waals surface area contributed by atoms with Gasteiger partial charge in [-0.2, -0.15) is 15.0 Å². The molecule has 1 aromatic heterocycles. The Bertz CT molecular complexity index is 371. The van der Waals surface area contributed by atoms with Crippen molar-refractivity contribution in [2.24, 2.45) is 0 Å². The summed E-state index contributed by atoms with van der Waals surface area (Å²) in [5.41, 5.74) is 0. The SMILES string of the molecule is CCNc1nc(C(C)C)nc(N2CCCC2)n1. The Balaban J connectivity index is 2.29. The fourth-order valence-corrected chi connectivity index (χ4v) is 1.93. The standard InChI is InChI=1S/C12H21N5/c1-4-13-11-14-10(9(2)3)15-12(16-11)17-7-5-6-8-17/h9H,4-8H2,1-3H3,(H,13,14,15,16). The second kappa shape index (κ2) is 5.29. The summed E-state index contributed by atoms with van der Waals surface area (Å²) in [6, 6.07) is 0. The van der Waals surface area contributed by atoms with Crippen molar-refractivity contribution < 1.29 is 0 Å². The molecule has 2 heterocycles. The van der Waals surface area contributed by atoms with E-state index in [0.29, 0.717) is 11.9 Å². The Morgan fingerprint density at radius 1 is 1.18 bits per heavy atom. The molecule has 0 bridgehead atoms. The van der Waals surface area contributed by atoms with E-state index in [2.05, 4.69) is 39.0 Å². The van der Waals surface area contributed by atoms with E-state index in [1.807, 2.05) is 6.92 Å². The van der Waals surface area contributed by atoms with Gasteiger partial charge in [0.1, 0.15) is 5.82 Å². The normalized spacial score (nSPS) is 15.6. The molecule has 17 heavy (non-hydrogen) atoms. The summed E-state index contributed by atoms with van der Waals surface area (Å²) in [4.78, 5) is 15.7. The molecule has 0 saturated carbocycles. The Labute approximate surface area is 103 Å². The van der Waals surface area contributed by atoms with Gasteiger partial charge in [0, 0.05) is 25.6 Å². The van der Waals surface area contributed by atoms with Crippen LogP contribution in [0.25, 0.3) is 0 Å². The van der Waals surface area contributed by atoms with E-state index in [1.165, 1.54) is 12.8 Å². The number of aromatic nitrogens is 3. The third-order valence-corrected chi connectivity index (χ3v) is 2.88. The summed E-state index contributed by atoms with van der Waals surface area (Å²) >= 11 is 0. The van der Waals surface area contributed by atoms with E-state index in [-0.39, 0.29) is 0 Å². The maximum atomic E-state index is 4.56. The minimum absolute atomic E-state index is 0.330. The summed E-state index contributed by atoms with van der Waals surface area (Å²) in [6.45, 7) is 9.23. The van der Waals surface area contributed by atoms with Gasteiger partial charge in [0.2, 0.25) is 11.9 Å². The third-order valence-electron chi connectivity index (χ3n) is 2.88. The lowest BCUT2D eigenvalue weighted by Gasteiger charge is -2.17. The second-order valence-electron chi connectivity index (χ2n) is 4.70. The van der Waals surface area contributed by atoms with E-state index in [9.17, 15) is 0 Å². The van der Waals surface area contributed by atoms with Crippen molar-refractivity contribution in [3.05, 3.63) is 5.82 Å². The van der Waals surface area contributed by atoms with Crippen LogP contribution in [0.2, 0.25) is 0 Å². The molecule has 5 heteroatoms. The zero-order chi connectivity index (χ0) is 12.3. The average molecular weight is 235 g/mol. The van der Waals surface area contributed by atoms with Crippen molar-refractivity contribution in [1.82, 2.24) is 15.0 Å². The van der Waals surface area contributed by atoms with E-state index in [1.54, 1.807) is 0 Å². The van der Waals surface area contributed by atoms with Gasteiger partial charge in [-0.1, -0.05) is 13.8 Å². The molecular weight excluding hydrogens is 214 g/mol. The molecule has 0 radical (unpaired) electrons. The van der Waals surface area contributed by atoms with Crippen LogP contribution in [0, 0.1) is 0 Å². The zero-order valence-corrected chi connectivity index (χ0v) is 10.9. The Kier molecular flexibility index (Phi) is 3.76. The van der Waals surface area contributed by atoms with Crippen molar-refractivity contribution in [3.8, 4) is 0 Å². The first kappa shape index (κ1) is 12.1. The van der Waals surface area contributed by atoms with Crippen LogP contribution in [0.5, 0.6) is 0 Å². The van der Waals surface area contributed by atoms with Crippen molar-refractivity contribution in [1.29, 1.82) is 0 Å². The molecule has 0 atom stereocenters. The summed E-state index contributed by atoms with van der Waals surface area (Å²) in [5.74, 6) is 2.74. The number of anilines is 2. The van der Waals surface area contributed by atoms with E-state index in [0.717, 1.165) is 31.4 Å². The van der Waals surface area contributed by atoms with Crippen LogP contribution in [0.4, 0.5) is 11.9 Å². The first-order valence-corrected chi connectivity index (χ1v) is 6.45. The van der Waals surface area contributed by atoms with Crippen molar-refractivity contribution in [3.63, 3.8) is 0 Å². The van der Waals surface area contributed by atoms with Gasteiger partial charge in [-0.15, -0.1) is 0 Å². The molecule has 1 N–H and O–H groups in total. The number of nitrogens with one attached hydrogen (secondary N) is 1. The summed E-state index contributed by atoms with van der Waals surface area (Å²) < 4.78 is 0. The highest BCUT2D eigenvalue weighted by Crippen LogP contribution is 2.19. The molecule has 0 spiro atoms. The van der Waals surface area contributed by atoms with Crippen LogP contribution in [0.15, 0.2) is 0 Å². The van der Waals surface area contributed by atoms with Gasteiger partial charge in [-0.25, -0.2) is 0 Å². The number of nitrogens with zero attached hydrogens (tertiary/aromatic N) is 4. The molecule has 1 aliphatic heterocycles.